The maximum atomic E-state index is 11.3. The number of benzene rings is 1. The van der Waals surface area contributed by atoms with Gasteiger partial charge >= 0.3 is 0 Å². The molecule has 1 aliphatic rings. The number of nitrogens with two attached hydrogens (primary N) is 1. The summed E-state index contributed by atoms with van der Waals surface area (Å²) in [7, 11) is 0. The van der Waals surface area contributed by atoms with Crippen LogP contribution in [0.2, 0.25) is 0 Å². The SMILES string of the molecule is NC(=O)c1cccc(CNc2cccnc2N2CCC(CO)CC2)c1. The number of aliphatic hydroxyl groups excluding tert-OH is 1. The monoisotopic (exact) mass is 340 g/mol. The van der Waals surface area contributed by atoms with Crippen LogP contribution in [0.15, 0.2) is 42.6 Å². The van der Waals surface area contributed by atoms with Crippen molar-refractivity contribution in [3.8, 4) is 0 Å². The number of pyridine rings is 1. The van der Waals surface area contributed by atoms with E-state index in [4.69, 9.17) is 5.73 Å². The van der Waals surface area contributed by atoms with Crippen LogP contribution in [0.3, 0.4) is 0 Å². The minimum Gasteiger partial charge on any atom is -0.396 e. The van der Waals surface area contributed by atoms with E-state index in [-0.39, 0.29) is 6.61 Å². The van der Waals surface area contributed by atoms with E-state index in [2.05, 4.69) is 15.2 Å². The zero-order valence-electron chi connectivity index (χ0n) is 14.2. The molecule has 6 nitrogen and oxygen atoms in total. The van der Waals surface area contributed by atoms with Crippen LogP contribution < -0.4 is 16.0 Å². The Morgan fingerprint density at radius 3 is 2.80 bits per heavy atom. The molecule has 0 radical (unpaired) electrons. The Labute approximate surface area is 147 Å². The molecule has 25 heavy (non-hydrogen) atoms. The van der Waals surface area contributed by atoms with E-state index in [1.165, 1.54) is 0 Å². The van der Waals surface area contributed by atoms with Crippen LogP contribution in [0.4, 0.5) is 11.5 Å². The molecule has 2 aromatic rings. The number of nitrogens with one attached hydrogen (secondary N) is 1. The van der Waals surface area contributed by atoms with Gasteiger partial charge in [-0.1, -0.05) is 12.1 Å². The average Bonchev–Trinajstić information content (AvgIpc) is 2.67. The van der Waals surface area contributed by atoms with Crippen LogP contribution in [0.1, 0.15) is 28.8 Å². The summed E-state index contributed by atoms with van der Waals surface area (Å²) in [6.45, 7) is 2.65. The summed E-state index contributed by atoms with van der Waals surface area (Å²) in [6, 6.07) is 11.2. The predicted molar refractivity (Wildman–Crippen MR) is 98.5 cm³/mol. The molecule has 1 aliphatic heterocycles. The van der Waals surface area contributed by atoms with Crippen LogP contribution >= 0.6 is 0 Å². The molecule has 1 amide bonds. The second kappa shape index (κ2) is 7.98. The van der Waals surface area contributed by atoms with Gasteiger partial charge in [0.25, 0.3) is 0 Å². The maximum Gasteiger partial charge on any atom is 0.248 e. The van der Waals surface area contributed by atoms with Gasteiger partial charge in [0, 0.05) is 38.0 Å². The van der Waals surface area contributed by atoms with E-state index >= 15 is 0 Å². The highest BCUT2D eigenvalue weighted by Crippen LogP contribution is 2.28. The van der Waals surface area contributed by atoms with Gasteiger partial charge in [-0.25, -0.2) is 4.98 Å². The number of carbonyl (C=O) groups is 1. The largest absolute Gasteiger partial charge is 0.396 e. The van der Waals surface area contributed by atoms with Gasteiger partial charge < -0.3 is 21.1 Å². The first-order valence-corrected chi connectivity index (χ1v) is 8.61. The van der Waals surface area contributed by atoms with Crippen molar-refractivity contribution < 1.29 is 9.90 Å². The summed E-state index contributed by atoms with van der Waals surface area (Å²) in [5, 5.41) is 12.7. The molecule has 0 bridgehead atoms. The van der Waals surface area contributed by atoms with Gasteiger partial charge in [0.05, 0.1) is 5.69 Å². The van der Waals surface area contributed by atoms with Gasteiger partial charge in [-0.05, 0) is 48.6 Å². The standard InChI is InChI=1S/C19H24N4O2/c20-18(25)16-4-1-3-15(11-16)12-22-17-5-2-8-21-19(17)23-9-6-14(13-24)7-10-23/h1-5,8,11,14,22,24H,6-7,9-10,12-13H2,(H2,20,25). The number of rotatable bonds is 6. The number of hydrogen-bond acceptors (Lipinski definition) is 5. The first-order valence-electron chi connectivity index (χ1n) is 8.61. The van der Waals surface area contributed by atoms with E-state index in [1.807, 2.05) is 24.3 Å². The minimum absolute atomic E-state index is 0.261. The third-order valence-corrected chi connectivity index (χ3v) is 4.65. The Balaban J connectivity index is 1.69. The quantitative estimate of drug-likeness (QED) is 0.748. The maximum absolute atomic E-state index is 11.3. The topological polar surface area (TPSA) is 91.5 Å². The average molecular weight is 340 g/mol. The summed E-state index contributed by atoms with van der Waals surface area (Å²) in [5.41, 5.74) is 7.81. The van der Waals surface area contributed by atoms with Crippen molar-refractivity contribution >= 4 is 17.4 Å². The van der Waals surface area contributed by atoms with Crippen LogP contribution in [-0.2, 0) is 6.54 Å². The second-order valence-corrected chi connectivity index (χ2v) is 6.41. The van der Waals surface area contributed by atoms with Gasteiger partial charge in [0.1, 0.15) is 0 Å². The lowest BCUT2D eigenvalue weighted by molar-refractivity contribution is 0.1000. The number of amides is 1. The van der Waals surface area contributed by atoms with Gasteiger partial charge in [0.2, 0.25) is 5.91 Å². The van der Waals surface area contributed by atoms with E-state index in [1.54, 1.807) is 18.3 Å². The van der Waals surface area contributed by atoms with E-state index in [0.717, 1.165) is 43.0 Å². The molecule has 1 fully saturated rings. The lowest BCUT2D eigenvalue weighted by atomic mass is 9.98. The molecule has 0 aliphatic carbocycles. The normalized spacial score (nSPS) is 15.2. The molecule has 0 saturated carbocycles. The lowest BCUT2D eigenvalue weighted by Gasteiger charge is -2.33. The van der Waals surface area contributed by atoms with Crippen LogP contribution in [0, 0.1) is 5.92 Å². The third kappa shape index (κ3) is 4.28. The number of aromatic nitrogens is 1. The predicted octanol–water partition coefficient (Wildman–Crippen LogP) is 2.00. The second-order valence-electron chi connectivity index (χ2n) is 6.41. The highest BCUT2D eigenvalue weighted by molar-refractivity contribution is 5.92. The van der Waals surface area contributed by atoms with Crippen LogP contribution in [-0.4, -0.2) is 35.7 Å². The fourth-order valence-electron chi connectivity index (χ4n) is 3.15. The van der Waals surface area contributed by atoms with Gasteiger partial charge in [-0.15, -0.1) is 0 Å². The molecule has 1 aromatic heterocycles. The van der Waals surface area contributed by atoms with Crippen LogP contribution in [0.5, 0.6) is 0 Å². The van der Waals surface area contributed by atoms with Gasteiger partial charge in [-0.2, -0.15) is 0 Å². The van der Waals surface area contributed by atoms with E-state index in [0.29, 0.717) is 18.0 Å². The smallest absolute Gasteiger partial charge is 0.248 e. The minimum atomic E-state index is -0.421. The molecule has 6 heteroatoms. The number of hydrogen-bond donors (Lipinski definition) is 3. The van der Waals surface area contributed by atoms with Gasteiger partial charge in [0.15, 0.2) is 5.82 Å². The van der Waals surface area contributed by atoms with E-state index < -0.39 is 5.91 Å². The van der Waals surface area contributed by atoms with Crippen molar-refractivity contribution in [1.82, 2.24) is 4.98 Å². The fourth-order valence-corrected chi connectivity index (χ4v) is 3.15. The molecular weight excluding hydrogens is 316 g/mol. The Hall–Kier alpha value is -2.60. The summed E-state index contributed by atoms with van der Waals surface area (Å²) in [6.07, 6.45) is 3.76. The Morgan fingerprint density at radius 1 is 1.28 bits per heavy atom. The van der Waals surface area contributed by atoms with Crippen LogP contribution in [0.25, 0.3) is 0 Å². The fraction of sp³-hybridized carbons (Fsp3) is 0.368. The molecule has 1 aromatic carbocycles. The van der Waals surface area contributed by atoms with E-state index in [9.17, 15) is 9.90 Å². The molecule has 0 atom stereocenters. The Bertz CT molecular complexity index is 727. The third-order valence-electron chi connectivity index (χ3n) is 4.65. The number of aliphatic hydroxyl groups is 1. The molecule has 4 N–H and O–H groups in total. The van der Waals surface area contributed by atoms with Crippen molar-refractivity contribution in [2.45, 2.75) is 19.4 Å². The Morgan fingerprint density at radius 2 is 2.08 bits per heavy atom. The van der Waals surface area contributed by atoms with Crippen molar-refractivity contribution in [3.05, 3.63) is 53.7 Å². The number of piperidine rings is 1. The summed E-state index contributed by atoms with van der Waals surface area (Å²) in [5.74, 6) is 0.911. The van der Waals surface area contributed by atoms with Crippen molar-refractivity contribution in [2.24, 2.45) is 11.7 Å². The molecule has 3 rings (SSSR count). The zero-order chi connectivity index (χ0) is 17.6. The lowest BCUT2D eigenvalue weighted by Crippen LogP contribution is -2.35. The molecule has 1 saturated heterocycles. The Kier molecular flexibility index (Phi) is 5.50. The van der Waals surface area contributed by atoms with Crippen molar-refractivity contribution in [3.63, 3.8) is 0 Å². The van der Waals surface area contributed by atoms with Gasteiger partial charge in [-0.3, -0.25) is 4.79 Å². The first-order chi connectivity index (χ1) is 12.2. The number of anilines is 2. The molecule has 0 unspecified atom stereocenters. The van der Waals surface area contributed by atoms with Crippen molar-refractivity contribution in [2.75, 3.05) is 29.9 Å². The summed E-state index contributed by atoms with van der Waals surface area (Å²) in [4.78, 5) is 18.1. The summed E-state index contributed by atoms with van der Waals surface area (Å²) >= 11 is 0. The molecule has 132 valence electrons. The first kappa shape index (κ1) is 17.2. The highest BCUT2D eigenvalue weighted by Gasteiger charge is 2.21. The molecule has 0 spiro atoms. The number of nitrogens with zero attached hydrogens (tertiary/aromatic N) is 2. The zero-order valence-corrected chi connectivity index (χ0v) is 14.2. The van der Waals surface area contributed by atoms with Crippen molar-refractivity contribution in [1.29, 1.82) is 0 Å². The number of carbonyl (C=O) groups excluding carboxylic acids is 1. The summed E-state index contributed by atoms with van der Waals surface area (Å²) < 4.78 is 0. The molecular formula is C19H24N4O2. The number of primary amides is 1. The highest BCUT2D eigenvalue weighted by atomic mass is 16.3. The molecule has 2 heterocycles.